The second kappa shape index (κ2) is 6.27. The van der Waals surface area contributed by atoms with Crippen LogP contribution in [0.4, 0.5) is 0 Å². The van der Waals surface area contributed by atoms with Gasteiger partial charge < -0.3 is 15.4 Å². The van der Waals surface area contributed by atoms with E-state index in [1.807, 2.05) is 0 Å². The Morgan fingerprint density at radius 2 is 1.90 bits per heavy atom. The number of hydrogen-bond acceptors (Lipinski definition) is 4. The number of carbonyl (C=O) groups excluding carboxylic acids is 1. The molecule has 0 radical (unpaired) electrons. The number of aromatic nitrogens is 1. The molecular formula is C12H19N3O5S. The fourth-order valence-electron chi connectivity index (χ4n) is 2.07. The Labute approximate surface area is 123 Å². The van der Waals surface area contributed by atoms with E-state index >= 15 is 0 Å². The highest BCUT2D eigenvalue weighted by Crippen LogP contribution is 2.26. The van der Waals surface area contributed by atoms with Crippen LogP contribution in [0.15, 0.2) is 4.90 Å². The minimum atomic E-state index is -3.95. The van der Waals surface area contributed by atoms with Gasteiger partial charge in [0.05, 0.1) is 6.54 Å². The lowest BCUT2D eigenvalue weighted by Gasteiger charge is -2.20. The molecule has 3 N–H and O–H groups in total. The van der Waals surface area contributed by atoms with Gasteiger partial charge in [-0.1, -0.05) is 6.92 Å². The molecule has 0 aliphatic heterocycles. The van der Waals surface area contributed by atoms with Crippen LogP contribution in [0.25, 0.3) is 0 Å². The van der Waals surface area contributed by atoms with Crippen molar-refractivity contribution in [1.82, 2.24) is 14.6 Å². The number of aryl methyl sites for hydroxylation is 1. The van der Waals surface area contributed by atoms with Gasteiger partial charge in [-0.3, -0.25) is 4.79 Å². The molecule has 8 nitrogen and oxygen atoms in total. The number of nitrogens with zero attached hydrogens (tertiary/aromatic N) is 1. The van der Waals surface area contributed by atoms with Gasteiger partial charge in [0, 0.05) is 24.8 Å². The highest BCUT2D eigenvalue weighted by molar-refractivity contribution is 7.89. The number of rotatable bonds is 6. The number of aromatic amines is 1. The smallest absolute Gasteiger partial charge is 0.352 e. The highest BCUT2D eigenvalue weighted by atomic mass is 32.2. The number of carboxylic acid groups (broad SMARTS) is 1. The summed E-state index contributed by atoms with van der Waals surface area (Å²) in [5, 5.41) is 11.4. The fraction of sp³-hybridized carbons (Fsp3) is 0.500. The minimum Gasteiger partial charge on any atom is -0.477 e. The Balaban J connectivity index is 3.36. The quantitative estimate of drug-likeness (QED) is 0.686. The van der Waals surface area contributed by atoms with Gasteiger partial charge in [0.15, 0.2) is 0 Å². The fourth-order valence-corrected chi connectivity index (χ4v) is 3.88. The van der Waals surface area contributed by atoms with Gasteiger partial charge in [0.25, 0.3) is 0 Å². The van der Waals surface area contributed by atoms with Crippen LogP contribution in [0.3, 0.4) is 0 Å². The Kier molecular flexibility index (Phi) is 5.13. The number of likely N-dealkylation sites (N-methyl/N-ethyl adjacent to an activating group) is 2. The zero-order chi connectivity index (χ0) is 16.4. The SMILES string of the molecule is CCN(CC(=O)NC)S(=O)(=O)c1c(C)[nH]c(C(=O)O)c1C. The summed E-state index contributed by atoms with van der Waals surface area (Å²) in [5.41, 5.74) is 0.206. The molecule has 0 unspecified atom stereocenters. The molecule has 118 valence electrons. The Morgan fingerprint density at radius 1 is 1.33 bits per heavy atom. The Hall–Kier alpha value is -1.87. The van der Waals surface area contributed by atoms with E-state index in [1.165, 1.54) is 20.9 Å². The summed E-state index contributed by atoms with van der Waals surface area (Å²) in [6, 6.07) is 0. The lowest BCUT2D eigenvalue weighted by Crippen LogP contribution is -2.39. The molecule has 1 aromatic heterocycles. The number of carbonyl (C=O) groups is 2. The van der Waals surface area contributed by atoms with Crippen LogP contribution < -0.4 is 5.32 Å². The highest BCUT2D eigenvalue weighted by Gasteiger charge is 2.31. The average molecular weight is 317 g/mol. The first-order valence-corrected chi connectivity index (χ1v) is 7.74. The van der Waals surface area contributed by atoms with Crippen molar-refractivity contribution in [3.63, 3.8) is 0 Å². The number of aromatic carboxylic acids is 1. The van der Waals surface area contributed by atoms with Crippen molar-refractivity contribution in [1.29, 1.82) is 0 Å². The molecule has 1 aromatic rings. The van der Waals surface area contributed by atoms with Crippen LogP contribution in [-0.2, 0) is 14.8 Å². The summed E-state index contributed by atoms with van der Waals surface area (Å²) in [6.07, 6.45) is 0. The van der Waals surface area contributed by atoms with Crippen molar-refractivity contribution in [3.05, 3.63) is 17.0 Å². The van der Waals surface area contributed by atoms with Crippen molar-refractivity contribution < 1.29 is 23.1 Å². The molecule has 0 fully saturated rings. The zero-order valence-corrected chi connectivity index (χ0v) is 13.2. The van der Waals surface area contributed by atoms with Gasteiger partial charge in [0.2, 0.25) is 15.9 Å². The van der Waals surface area contributed by atoms with Gasteiger partial charge in [0.1, 0.15) is 10.6 Å². The van der Waals surface area contributed by atoms with Gasteiger partial charge in [-0.25, -0.2) is 13.2 Å². The van der Waals surface area contributed by atoms with Crippen molar-refractivity contribution in [2.75, 3.05) is 20.1 Å². The molecule has 1 amide bonds. The first kappa shape index (κ1) is 17.2. The third-order valence-corrected chi connectivity index (χ3v) is 5.33. The van der Waals surface area contributed by atoms with E-state index in [0.717, 1.165) is 4.31 Å². The van der Waals surface area contributed by atoms with E-state index < -0.39 is 21.9 Å². The first-order chi connectivity index (χ1) is 9.66. The molecule has 0 aromatic carbocycles. The second-order valence-electron chi connectivity index (χ2n) is 4.49. The van der Waals surface area contributed by atoms with Crippen molar-refractivity contribution in [2.24, 2.45) is 0 Å². The molecule has 0 saturated heterocycles. The summed E-state index contributed by atoms with van der Waals surface area (Å²) in [5.74, 6) is -1.67. The molecule has 0 spiro atoms. The van der Waals surface area contributed by atoms with Crippen LogP contribution in [0, 0.1) is 13.8 Å². The number of sulfonamides is 1. The number of hydrogen-bond donors (Lipinski definition) is 3. The molecule has 1 heterocycles. The molecule has 0 atom stereocenters. The van der Waals surface area contributed by atoms with E-state index in [1.54, 1.807) is 6.92 Å². The topological polar surface area (TPSA) is 120 Å². The summed E-state index contributed by atoms with van der Waals surface area (Å²) in [7, 11) is -2.54. The molecule has 0 aliphatic carbocycles. The van der Waals surface area contributed by atoms with Crippen molar-refractivity contribution in [2.45, 2.75) is 25.7 Å². The summed E-state index contributed by atoms with van der Waals surface area (Å²) >= 11 is 0. The standard InChI is InChI=1S/C12H19N3O5S/c1-5-15(6-9(16)13-4)21(19,20)11-7(2)10(12(17)18)14-8(11)3/h14H,5-6H2,1-4H3,(H,13,16)(H,17,18). The van der Waals surface area contributed by atoms with Crippen LogP contribution in [-0.4, -0.2) is 54.8 Å². The summed E-state index contributed by atoms with van der Waals surface area (Å²) in [4.78, 5) is 25.0. The predicted octanol–water partition coefficient (Wildman–Crippen LogP) is 0.0863. The van der Waals surface area contributed by atoms with Gasteiger partial charge in [-0.2, -0.15) is 4.31 Å². The van der Waals surface area contributed by atoms with Gasteiger partial charge in [-0.15, -0.1) is 0 Å². The Morgan fingerprint density at radius 3 is 2.29 bits per heavy atom. The van der Waals surface area contributed by atoms with Crippen LogP contribution >= 0.6 is 0 Å². The molecule has 0 saturated carbocycles. The number of carboxylic acids is 1. The van der Waals surface area contributed by atoms with E-state index in [9.17, 15) is 18.0 Å². The number of nitrogens with one attached hydrogen (secondary N) is 2. The maximum atomic E-state index is 12.6. The molecule has 0 bridgehead atoms. The first-order valence-electron chi connectivity index (χ1n) is 6.30. The minimum absolute atomic E-state index is 0.0920. The number of amides is 1. The van der Waals surface area contributed by atoms with Gasteiger partial charge in [-0.05, 0) is 13.8 Å². The van der Waals surface area contributed by atoms with E-state index in [2.05, 4.69) is 10.3 Å². The zero-order valence-electron chi connectivity index (χ0n) is 12.3. The lowest BCUT2D eigenvalue weighted by molar-refractivity contribution is -0.120. The monoisotopic (exact) mass is 317 g/mol. The summed E-state index contributed by atoms with van der Waals surface area (Å²) in [6.45, 7) is 4.30. The average Bonchev–Trinajstić information content (AvgIpc) is 2.71. The summed E-state index contributed by atoms with van der Waals surface area (Å²) < 4.78 is 26.3. The van der Waals surface area contributed by atoms with Crippen molar-refractivity contribution >= 4 is 21.9 Å². The molecule has 21 heavy (non-hydrogen) atoms. The molecule has 1 rings (SSSR count). The van der Waals surface area contributed by atoms with Crippen molar-refractivity contribution in [3.8, 4) is 0 Å². The lowest BCUT2D eigenvalue weighted by atomic mass is 10.2. The third-order valence-electron chi connectivity index (χ3n) is 3.13. The van der Waals surface area contributed by atoms with E-state index in [0.29, 0.717) is 0 Å². The van der Waals surface area contributed by atoms with E-state index in [4.69, 9.17) is 5.11 Å². The number of H-pyrrole nitrogens is 1. The largest absolute Gasteiger partial charge is 0.477 e. The third kappa shape index (κ3) is 3.24. The predicted molar refractivity (Wildman–Crippen MR) is 75.7 cm³/mol. The Bertz CT molecular complexity index is 663. The maximum Gasteiger partial charge on any atom is 0.352 e. The normalized spacial score (nSPS) is 11.7. The second-order valence-corrected chi connectivity index (χ2v) is 6.36. The maximum absolute atomic E-state index is 12.6. The molecular weight excluding hydrogens is 298 g/mol. The van der Waals surface area contributed by atoms with Crippen LogP contribution in [0.1, 0.15) is 28.7 Å². The van der Waals surface area contributed by atoms with Crippen LogP contribution in [0.5, 0.6) is 0 Å². The van der Waals surface area contributed by atoms with E-state index in [-0.39, 0.29) is 34.9 Å². The molecule has 9 heteroatoms. The molecule has 0 aliphatic rings. The van der Waals surface area contributed by atoms with Crippen LogP contribution in [0.2, 0.25) is 0 Å². The van der Waals surface area contributed by atoms with Gasteiger partial charge >= 0.3 is 5.97 Å².